The normalized spacial score (nSPS) is 20.8. The number of para-hydroxylation sites is 1. The van der Waals surface area contributed by atoms with Crippen molar-refractivity contribution in [2.24, 2.45) is 5.41 Å². The molecule has 8 heteroatoms. The lowest BCUT2D eigenvalue weighted by Crippen LogP contribution is -2.44. The lowest BCUT2D eigenvalue weighted by molar-refractivity contribution is -0.128. The van der Waals surface area contributed by atoms with Gasteiger partial charge in [0.25, 0.3) is 0 Å². The molecule has 6 nitrogen and oxygen atoms in total. The monoisotopic (exact) mass is 437 g/mol. The van der Waals surface area contributed by atoms with Crippen molar-refractivity contribution in [2.45, 2.75) is 38.9 Å². The summed E-state index contributed by atoms with van der Waals surface area (Å²) in [6.07, 6.45) is 2.91. The van der Waals surface area contributed by atoms with Gasteiger partial charge in [0.15, 0.2) is 0 Å². The van der Waals surface area contributed by atoms with Gasteiger partial charge in [0, 0.05) is 31.9 Å². The van der Waals surface area contributed by atoms with Crippen LogP contribution in [-0.4, -0.2) is 46.8 Å². The number of fused-ring (bicyclic) bond motifs is 1. The predicted octanol–water partition coefficient (Wildman–Crippen LogP) is 2.85. The molecule has 1 aromatic heterocycles. The highest BCUT2D eigenvalue weighted by Gasteiger charge is 2.48. The molecular weight excluding hydrogens is 409 g/mol. The fraction of sp³-hybridized carbons (Fsp3) is 0.524. The van der Waals surface area contributed by atoms with Crippen LogP contribution in [0.15, 0.2) is 36.4 Å². The van der Waals surface area contributed by atoms with Gasteiger partial charge < -0.3 is 10.2 Å². The largest absolute Gasteiger partial charge is 0.312 e. The van der Waals surface area contributed by atoms with E-state index in [9.17, 15) is 4.79 Å². The molecule has 0 unspecified atom stereocenters. The van der Waals surface area contributed by atoms with E-state index in [0.29, 0.717) is 5.91 Å². The molecule has 158 valence electrons. The maximum absolute atomic E-state index is 13.2. The summed E-state index contributed by atoms with van der Waals surface area (Å²) in [5.74, 6) is 0.330. The Labute approximate surface area is 184 Å². The van der Waals surface area contributed by atoms with Gasteiger partial charge >= 0.3 is 0 Å². The molecule has 5 rings (SSSR count). The molecule has 3 aliphatic heterocycles. The van der Waals surface area contributed by atoms with Gasteiger partial charge in [0.2, 0.25) is 5.91 Å². The molecule has 2 fully saturated rings. The van der Waals surface area contributed by atoms with Crippen molar-refractivity contribution in [1.82, 2.24) is 20.0 Å². The first kappa shape index (κ1) is 22.1. The Morgan fingerprint density at radius 3 is 2.45 bits per heavy atom. The van der Waals surface area contributed by atoms with Gasteiger partial charge in [0.05, 0.1) is 23.3 Å². The topological polar surface area (TPSA) is 53.4 Å². The number of hydrogen-bond donors (Lipinski definition) is 1. The van der Waals surface area contributed by atoms with Crippen molar-refractivity contribution < 1.29 is 4.79 Å². The summed E-state index contributed by atoms with van der Waals surface area (Å²) in [6.45, 7) is 6.59. The maximum Gasteiger partial charge on any atom is 0.233 e. The number of benzene rings is 1. The first-order valence-electron chi connectivity index (χ1n) is 10.1. The van der Waals surface area contributed by atoms with Crippen LogP contribution in [0.25, 0.3) is 0 Å². The van der Waals surface area contributed by atoms with Gasteiger partial charge in [-0.3, -0.25) is 14.4 Å². The van der Waals surface area contributed by atoms with E-state index < -0.39 is 0 Å². The van der Waals surface area contributed by atoms with E-state index in [0.717, 1.165) is 76.5 Å². The summed E-state index contributed by atoms with van der Waals surface area (Å²) in [6, 6.07) is 12.3. The van der Waals surface area contributed by atoms with Gasteiger partial charge in [-0.2, -0.15) is 5.10 Å². The smallest absolute Gasteiger partial charge is 0.233 e. The molecule has 4 heterocycles. The highest BCUT2D eigenvalue weighted by Crippen LogP contribution is 2.43. The lowest BCUT2D eigenvalue weighted by atomic mass is 9.77. The second kappa shape index (κ2) is 9.04. The number of nitrogens with zero attached hydrogens (tertiary/aromatic N) is 4. The molecular formula is C21H29Cl2N5O. The Hall–Kier alpha value is -1.60. The molecule has 1 N–H and O–H groups in total. The number of halogens is 2. The zero-order valence-electron chi connectivity index (χ0n) is 16.5. The highest BCUT2D eigenvalue weighted by atomic mass is 35.5. The average molecular weight is 438 g/mol. The van der Waals surface area contributed by atoms with E-state index in [2.05, 4.69) is 21.0 Å². The van der Waals surface area contributed by atoms with Crippen molar-refractivity contribution in [2.75, 3.05) is 31.1 Å². The Kier molecular flexibility index (Phi) is 6.89. The maximum atomic E-state index is 13.2. The fourth-order valence-corrected chi connectivity index (χ4v) is 4.84. The summed E-state index contributed by atoms with van der Waals surface area (Å²) in [4.78, 5) is 17.6. The van der Waals surface area contributed by atoms with Crippen molar-refractivity contribution in [1.29, 1.82) is 0 Å². The van der Waals surface area contributed by atoms with Crippen LogP contribution in [0.3, 0.4) is 0 Å². The van der Waals surface area contributed by atoms with Crippen LogP contribution < -0.4 is 10.2 Å². The minimum absolute atomic E-state index is 0. The Morgan fingerprint density at radius 2 is 1.72 bits per heavy atom. The molecule has 0 bridgehead atoms. The quantitative estimate of drug-likeness (QED) is 0.801. The SMILES string of the molecule is Cl.Cl.O=C1N(c2ccccc2)CCC12CCN(Cc1cc3n(n1)CCNC3)CC2. The second-order valence-electron chi connectivity index (χ2n) is 8.13. The average Bonchev–Trinajstić information content (AvgIpc) is 3.26. The number of carbonyl (C=O) groups is 1. The number of piperidine rings is 1. The lowest BCUT2D eigenvalue weighted by Gasteiger charge is -2.37. The molecule has 29 heavy (non-hydrogen) atoms. The van der Waals surface area contributed by atoms with E-state index in [1.807, 2.05) is 35.2 Å². The van der Waals surface area contributed by atoms with E-state index in [1.165, 1.54) is 5.69 Å². The van der Waals surface area contributed by atoms with Crippen molar-refractivity contribution in [3.05, 3.63) is 47.8 Å². The predicted molar refractivity (Wildman–Crippen MR) is 119 cm³/mol. The third-order valence-corrected chi connectivity index (χ3v) is 6.50. The van der Waals surface area contributed by atoms with Crippen molar-refractivity contribution in [3.8, 4) is 0 Å². The van der Waals surface area contributed by atoms with E-state index in [4.69, 9.17) is 5.10 Å². The van der Waals surface area contributed by atoms with Crippen LogP contribution in [0.5, 0.6) is 0 Å². The number of carbonyl (C=O) groups excluding carboxylic acids is 1. The van der Waals surface area contributed by atoms with Gasteiger partial charge in [-0.05, 0) is 50.6 Å². The van der Waals surface area contributed by atoms with E-state index in [-0.39, 0.29) is 30.2 Å². The van der Waals surface area contributed by atoms with Crippen LogP contribution in [0.2, 0.25) is 0 Å². The molecule has 0 radical (unpaired) electrons. The minimum atomic E-state index is -0.149. The number of hydrogen-bond acceptors (Lipinski definition) is 4. The van der Waals surface area contributed by atoms with Crippen molar-refractivity contribution >= 4 is 36.4 Å². The Morgan fingerprint density at radius 1 is 1.00 bits per heavy atom. The summed E-state index contributed by atoms with van der Waals surface area (Å²) in [7, 11) is 0. The molecule has 0 aliphatic carbocycles. The number of amides is 1. The third-order valence-electron chi connectivity index (χ3n) is 6.50. The summed E-state index contributed by atoms with van der Waals surface area (Å²) in [5.41, 5.74) is 3.34. The number of nitrogens with one attached hydrogen (secondary N) is 1. The van der Waals surface area contributed by atoms with Gasteiger partial charge in [-0.25, -0.2) is 0 Å². The van der Waals surface area contributed by atoms with Gasteiger partial charge in [-0.1, -0.05) is 18.2 Å². The molecule has 3 aliphatic rings. The zero-order valence-corrected chi connectivity index (χ0v) is 18.2. The molecule has 0 atom stereocenters. The number of rotatable bonds is 3. The minimum Gasteiger partial charge on any atom is -0.312 e. The number of aromatic nitrogens is 2. The molecule has 1 spiro atoms. The zero-order chi connectivity index (χ0) is 18.3. The standard InChI is InChI=1S/C21H27N5O.2ClH/c27-20-21(8-12-25(20)18-4-2-1-3-5-18)6-10-24(11-7-21)16-17-14-19-15-22-9-13-26(19)23-17;;/h1-5,14,22H,6-13,15-16H2;2*1H. The Bertz CT molecular complexity index is 809. The third kappa shape index (κ3) is 4.17. The van der Waals surface area contributed by atoms with Crippen LogP contribution >= 0.6 is 24.8 Å². The van der Waals surface area contributed by atoms with Crippen LogP contribution in [0, 0.1) is 5.41 Å². The van der Waals surface area contributed by atoms with E-state index in [1.54, 1.807) is 0 Å². The number of anilines is 1. The fourth-order valence-electron chi connectivity index (χ4n) is 4.84. The second-order valence-corrected chi connectivity index (χ2v) is 8.13. The molecule has 1 aromatic carbocycles. The first-order chi connectivity index (χ1) is 13.2. The van der Waals surface area contributed by atoms with Crippen LogP contribution in [0.1, 0.15) is 30.7 Å². The van der Waals surface area contributed by atoms with Crippen LogP contribution in [-0.2, 0) is 24.4 Å². The number of likely N-dealkylation sites (tertiary alicyclic amines) is 1. The summed E-state index contributed by atoms with van der Waals surface area (Å²) < 4.78 is 2.13. The summed E-state index contributed by atoms with van der Waals surface area (Å²) in [5, 5.41) is 8.16. The van der Waals surface area contributed by atoms with E-state index >= 15 is 0 Å². The Balaban J connectivity index is 0.00000120. The van der Waals surface area contributed by atoms with Gasteiger partial charge in [-0.15, -0.1) is 24.8 Å². The highest BCUT2D eigenvalue weighted by molar-refractivity contribution is 5.99. The molecule has 2 saturated heterocycles. The summed E-state index contributed by atoms with van der Waals surface area (Å²) >= 11 is 0. The molecule has 2 aromatic rings. The van der Waals surface area contributed by atoms with Crippen LogP contribution in [0.4, 0.5) is 5.69 Å². The first-order valence-corrected chi connectivity index (χ1v) is 10.1. The molecule has 0 saturated carbocycles. The van der Waals surface area contributed by atoms with Crippen molar-refractivity contribution in [3.63, 3.8) is 0 Å². The van der Waals surface area contributed by atoms with Gasteiger partial charge in [0.1, 0.15) is 0 Å². The molecule has 1 amide bonds.